The lowest BCUT2D eigenvalue weighted by atomic mass is 9.76. The largest absolute Gasteiger partial charge is 0.538 e. The Morgan fingerprint density at radius 2 is 1.35 bits per heavy atom. The number of nitrogens with zero attached hydrogens (tertiary/aromatic N) is 2. The van der Waals surface area contributed by atoms with Gasteiger partial charge in [-0.3, -0.25) is 0 Å². The van der Waals surface area contributed by atoms with Crippen LogP contribution < -0.4 is 26.1 Å². The van der Waals surface area contributed by atoms with E-state index in [1.54, 1.807) is 0 Å². The molecule has 0 aromatic heterocycles. The minimum absolute atomic E-state index is 0.0407. The molecule has 0 fully saturated rings. The summed E-state index contributed by atoms with van der Waals surface area (Å²) in [6.07, 6.45) is 4.06. The van der Waals surface area contributed by atoms with Crippen LogP contribution >= 0.6 is 0 Å². The van der Waals surface area contributed by atoms with E-state index in [1.165, 1.54) is 12.1 Å². The topological polar surface area (TPSA) is 130 Å². The molecule has 3 heterocycles. The van der Waals surface area contributed by atoms with Gasteiger partial charge in [0.05, 0.1) is 45.1 Å². The van der Waals surface area contributed by atoms with Crippen molar-refractivity contribution >= 4 is 46.9 Å². The minimum atomic E-state index is -3.05. The predicted octanol–water partition coefficient (Wildman–Crippen LogP) is 5.70. The molecule has 0 unspecified atom stereocenters. The van der Waals surface area contributed by atoms with E-state index in [0.717, 1.165) is 51.1 Å². The zero-order valence-corrected chi connectivity index (χ0v) is 30.8. The van der Waals surface area contributed by atoms with Crippen molar-refractivity contribution in [1.29, 1.82) is 10.5 Å². The molecule has 0 atom stereocenters. The summed E-state index contributed by atoms with van der Waals surface area (Å²) in [4.78, 5) is 12.8. The lowest BCUT2D eigenvalue weighted by Crippen LogP contribution is -2.60. The maximum Gasteiger partial charge on any atom is 0.280 e. The van der Waals surface area contributed by atoms with Gasteiger partial charge in [-0.05, 0) is 87.3 Å². The van der Waals surface area contributed by atoms with Crippen LogP contribution in [0.5, 0.6) is 0 Å². The van der Waals surface area contributed by atoms with Gasteiger partial charge in [-0.25, -0.2) is 4.39 Å². The Kier molecular flexibility index (Phi) is 8.26. The molecule has 3 aliphatic heterocycles. The normalized spacial score (nSPS) is 17.6. The highest BCUT2D eigenvalue weighted by Crippen LogP contribution is 2.47. The second-order valence-electron chi connectivity index (χ2n) is 15.0. The van der Waals surface area contributed by atoms with Gasteiger partial charge < -0.3 is 30.0 Å². The Labute approximate surface area is 296 Å². The molecule has 0 radical (unpaired) electrons. The second-order valence-corrected chi connectivity index (χ2v) is 19.4. The lowest BCUT2D eigenvalue weighted by Gasteiger charge is -2.39. The van der Waals surface area contributed by atoms with Crippen LogP contribution in [0.2, 0.25) is 13.1 Å². The van der Waals surface area contributed by atoms with Crippen LogP contribution in [-0.2, 0) is 15.1 Å². The Bertz CT molecular complexity index is 2110. The summed E-state index contributed by atoms with van der Waals surface area (Å²) < 4.78 is 59.7. The van der Waals surface area contributed by atoms with Crippen LogP contribution in [0.25, 0.3) is 11.1 Å². The van der Waals surface area contributed by atoms with Gasteiger partial charge in [-0.15, -0.1) is 0 Å². The second kappa shape index (κ2) is 11.8. The molecule has 2 N–H and O–H groups in total. The van der Waals surface area contributed by atoms with Crippen molar-refractivity contribution in [2.75, 3.05) is 24.5 Å². The quantitative estimate of drug-likeness (QED) is 0.144. The third-order valence-electron chi connectivity index (χ3n) is 9.95. The average Bonchev–Trinajstić information content (AvgIpc) is 3.03. The third kappa shape index (κ3) is 5.41. The Balaban J connectivity index is 1.81. The van der Waals surface area contributed by atoms with Crippen molar-refractivity contribution in [3.8, 4) is 12.1 Å². The number of carbonyl (C=O) groups is 1. The molecule has 0 spiro atoms. The maximum absolute atomic E-state index is 17.5. The van der Waals surface area contributed by atoms with E-state index in [1.807, 2.05) is 78.0 Å². The molecule has 0 bridgehead atoms. The van der Waals surface area contributed by atoms with Gasteiger partial charge in [-0.1, -0.05) is 25.2 Å². The molecular formula is C39H37F3N4O4Si. The van der Waals surface area contributed by atoms with E-state index in [-0.39, 0.29) is 5.92 Å². The van der Waals surface area contributed by atoms with E-state index in [0.29, 0.717) is 11.1 Å². The summed E-state index contributed by atoms with van der Waals surface area (Å²) in [7, 11) is -1.61. The monoisotopic (exact) mass is 710 g/mol. The number of ether oxygens (including phenoxy) is 2. The molecule has 3 aliphatic rings. The fourth-order valence-electron chi connectivity index (χ4n) is 7.89. The molecule has 51 heavy (non-hydrogen) atoms. The van der Waals surface area contributed by atoms with E-state index in [9.17, 15) is 20.4 Å². The molecule has 3 aromatic rings. The number of carbonyl (C=O) groups excluding carboxylic acids is 1. The summed E-state index contributed by atoms with van der Waals surface area (Å²) in [5.74, 6) is -7.93. The van der Waals surface area contributed by atoms with E-state index in [2.05, 4.69) is 23.7 Å². The van der Waals surface area contributed by atoms with Crippen molar-refractivity contribution in [3.05, 3.63) is 98.7 Å². The van der Waals surface area contributed by atoms with Crippen LogP contribution in [0.1, 0.15) is 85.3 Å². The lowest BCUT2D eigenvalue weighted by molar-refractivity contribution is -0.255. The number of carboxylic acid groups (broad SMARTS) is 1. The van der Waals surface area contributed by atoms with Gasteiger partial charge in [-0.2, -0.15) is 19.3 Å². The van der Waals surface area contributed by atoms with Crippen LogP contribution in [-0.4, -0.2) is 39.0 Å². The van der Waals surface area contributed by atoms with Gasteiger partial charge in [0.1, 0.15) is 36.0 Å². The van der Waals surface area contributed by atoms with Gasteiger partial charge in [0.2, 0.25) is 0 Å². The number of methoxy groups -OCH3 is 1. The number of nitriles is 2. The van der Waals surface area contributed by atoms with Crippen LogP contribution in [0, 0.1) is 46.0 Å². The molecule has 8 nitrogen and oxygen atoms in total. The van der Waals surface area contributed by atoms with E-state index in [4.69, 9.17) is 9.47 Å². The highest BCUT2D eigenvalue weighted by Gasteiger charge is 2.52. The molecule has 262 valence electrons. The Hall–Kier alpha value is -5.01. The maximum atomic E-state index is 17.5. The average molecular weight is 711 g/mol. The number of anilines is 2. The summed E-state index contributed by atoms with van der Waals surface area (Å²) in [5, 5.41) is 41.7. The highest BCUT2D eigenvalue weighted by molar-refractivity contribution is 7.01. The van der Waals surface area contributed by atoms with Crippen LogP contribution in [0.15, 0.2) is 36.4 Å². The number of nitrogens with one attached hydrogen (secondary N) is 2. The third-order valence-corrected chi connectivity index (χ3v) is 13.5. The molecule has 12 heteroatoms. The fraction of sp³-hybridized carbons (Fsp3) is 0.333. The number of hydrogen-bond donors (Lipinski definition) is 2. The molecule has 0 aliphatic carbocycles. The number of benzene rings is 3. The van der Waals surface area contributed by atoms with Gasteiger partial charge in [0.25, 0.3) is 5.60 Å². The molecule has 3 aromatic carbocycles. The Morgan fingerprint density at radius 1 is 0.882 bits per heavy atom. The summed E-state index contributed by atoms with van der Waals surface area (Å²) in [6, 6.07) is 10.5. The van der Waals surface area contributed by atoms with Gasteiger partial charge >= 0.3 is 0 Å². The summed E-state index contributed by atoms with van der Waals surface area (Å²) in [5.41, 5.74) is -1.76. The zero-order chi connectivity index (χ0) is 37.6. The first-order valence-electron chi connectivity index (χ1n) is 16.3. The highest BCUT2D eigenvalue weighted by atomic mass is 28.3. The predicted molar refractivity (Wildman–Crippen MR) is 189 cm³/mol. The number of fused-ring (bicyclic) bond motifs is 4. The molecular weight excluding hydrogens is 674 g/mol. The number of hydrogen-bond acceptors (Lipinski definition) is 8. The number of allylic oxidation sites excluding steroid dienone is 2. The fourth-order valence-corrected chi connectivity index (χ4v) is 10.9. The van der Waals surface area contributed by atoms with Gasteiger partial charge in [0.15, 0.2) is 25.5 Å². The molecule has 0 amide bonds. The minimum Gasteiger partial charge on any atom is -0.538 e. The summed E-state index contributed by atoms with van der Waals surface area (Å²) in [6.45, 7) is 15.4. The van der Waals surface area contributed by atoms with E-state index >= 15 is 13.2 Å². The number of halogens is 3. The molecule has 0 saturated heterocycles. The number of aromatic carboxylic acids is 1. The standard InChI is InChI=1S/C39H37F3N4O4Si/c1-19-14-37(3,4)45-25-12-27-23(10-21(19)25)29(24-11-22-20(2)15-38(5,6)46-26(22)13-28(24)51(27,8)9)30-31(36(47)48)34(41)35(42)32(33(30)40)39(16-43,17-44)50-18-49-7/h10-15,45-46H,18H2,1-9H3. The Morgan fingerprint density at radius 3 is 1.76 bits per heavy atom. The molecule has 6 rings (SSSR count). The van der Waals surface area contributed by atoms with Crippen LogP contribution in [0.3, 0.4) is 0 Å². The van der Waals surface area contributed by atoms with Crippen LogP contribution in [0.4, 0.5) is 24.5 Å². The molecule has 0 saturated carbocycles. The first-order chi connectivity index (χ1) is 23.7. The van der Waals surface area contributed by atoms with E-state index < -0.39 is 71.7 Å². The summed E-state index contributed by atoms with van der Waals surface area (Å²) >= 11 is 0. The van der Waals surface area contributed by atoms with Crippen molar-refractivity contribution in [1.82, 2.24) is 0 Å². The van der Waals surface area contributed by atoms with Crippen molar-refractivity contribution < 1.29 is 32.5 Å². The first-order valence-corrected chi connectivity index (χ1v) is 19.3. The van der Waals surface area contributed by atoms with Gasteiger partial charge in [0, 0.05) is 18.2 Å². The first kappa shape index (κ1) is 35.8. The zero-order valence-electron chi connectivity index (χ0n) is 29.8. The van der Waals surface area contributed by atoms with Crippen molar-refractivity contribution in [2.45, 2.75) is 71.3 Å². The number of carboxylic acids is 1. The SMILES string of the molecule is COCOC(C#N)(C#N)c1c(F)c(F)c(C(=O)[O-])c([C+]2c3cc4c(cc3[Si](C)(C)c3cc5c(cc32)C(C)=CC(C)(C)N5)NC(C)(C)C=C4C)c1F. The van der Waals surface area contributed by atoms with Crippen molar-refractivity contribution in [3.63, 3.8) is 0 Å². The van der Waals surface area contributed by atoms with Crippen molar-refractivity contribution in [2.24, 2.45) is 0 Å². The number of rotatable bonds is 6. The smallest absolute Gasteiger partial charge is 0.280 e.